The van der Waals surface area contributed by atoms with Crippen LogP contribution in [0.15, 0.2) is 30.5 Å². The van der Waals surface area contributed by atoms with Gasteiger partial charge in [-0.1, -0.05) is 36.6 Å². The molecule has 1 aliphatic rings. The standard InChI is InChI=1S/C16H18ClN3OS/c17-12-5-3-4-11(8-12)9-13-10-19-15(22-13)20-14(21)16(18)6-1-2-7-16/h3-5,8,10H,1-2,6-7,9,18H2,(H,19,20,21). The fourth-order valence-corrected chi connectivity index (χ4v) is 3.80. The number of nitrogens with two attached hydrogens (primary N) is 1. The quantitative estimate of drug-likeness (QED) is 0.897. The number of carbonyl (C=O) groups is 1. The van der Waals surface area contributed by atoms with Gasteiger partial charge in [0.25, 0.3) is 0 Å². The summed E-state index contributed by atoms with van der Waals surface area (Å²) in [6.45, 7) is 0. The topological polar surface area (TPSA) is 68.0 Å². The summed E-state index contributed by atoms with van der Waals surface area (Å²) in [6, 6.07) is 7.75. The smallest absolute Gasteiger partial charge is 0.246 e. The zero-order chi connectivity index (χ0) is 15.6. The lowest BCUT2D eigenvalue weighted by Crippen LogP contribution is -2.48. The van der Waals surface area contributed by atoms with E-state index in [-0.39, 0.29) is 5.91 Å². The molecule has 0 atom stereocenters. The highest BCUT2D eigenvalue weighted by atomic mass is 35.5. The first-order valence-electron chi connectivity index (χ1n) is 7.35. The molecule has 1 heterocycles. The highest BCUT2D eigenvalue weighted by molar-refractivity contribution is 7.15. The fourth-order valence-electron chi connectivity index (χ4n) is 2.75. The molecule has 0 saturated heterocycles. The molecule has 1 aromatic carbocycles. The highest BCUT2D eigenvalue weighted by Gasteiger charge is 2.37. The maximum absolute atomic E-state index is 12.3. The van der Waals surface area contributed by atoms with Gasteiger partial charge in [-0.2, -0.15) is 0 Å². The van der Waals surface area contributed by atoms with Crippen molar-refractivity contribution in [3.63, 3.8) is 0 Å². The van der Waals surface area contributed by atoms with Crippen LogP contribution in [-0.2, 0) is 11.2 Å². The van der Waals surface area contributed by atoms with Gasteiger partial charge in [0, 0.05) is 22.5 Å². The van der Waals surface area contributed by atoms with Crippen LogP contribution in [0.1, 0.15) is 36.1 Å². The van der Waals surface area contributed by atoms with Gasteiger partial charge >= 0.3 is 0 Å². The summed E-state index contributed by atoms with van der Waals surface area (Å²) < 4.78 is 0. The molecule has 1 saturated carbocycles. The van der Waals surface area contributed by atoms with Crippen molar-refractivity contribution in [2.75, 3.05) is 5.32 Å². The second kappa shape index (κ2) is 6.36. The number of halogens is 1. The van der Waals surface area contributed by atoms with Gasteiger partial charge in [-0.05, 0) is 30.5 Å². The molecule has 6 heteroatoms. The Labute approximate surface area is 138 Å². The predicted molar refractivity (Wildman–Crippen MR) is 90.4 cm³/mol. The van der Waals surface area contributed by atoms with Gasteiger partial charge < -0.3 is 11.1 Å². The van der Waals surface area contributed by atoms with Gasteiger partial charge in [0.2, 0.25) is 5.91 Å². The summed E-state index contributed by atoms with van der Waals surface area (Å²) in [6.07, 6.45) is 6.07. The number of rotatable bonds is 4. The van der Waals surface area contributed by atoms with Crippen LogP contribution >= 0.6 is 22.9 Å². The Morgan fingerprint density at radius 1 is 1.41 bits per heavy atom. The van der Waals surface area contributed by atoms with Crippen molar-refractivity contribution in [2.45, 2.75) is 37.6 Å². The number of nitrogens with one attached hydrogen (secondary N) is 1. The molecule has 0 radical (unpaired) electrons. The average molecular weight is 336 g/mol. The van der Waals surface area contributed by atoms with Crippen LogP contribution in [0.25, 0.3) is 0 Å². The summed E-state index contributed by atoms with van der Waals surface area (Å²) >= 11 is 7.47. The van der Waals surface area contributed by atoms with E-state index in [0.29, 0.717) is 5.13 Å². The number of hydrogen-bond acceptors (Lipinski definition) is 4. The van der Waals surface area contributed by atoms with E-state index < -0.39 is 5.54 Å². The van der Waals surface area contributed by atoms with Gasteiger partial charge in [-0.15, -0.1) is 11.3 Å². The summed E-state index contributed by atoms with van der Waals surface area (Å²) in [7, 11) is 0. The lowest BCUT2D eigenvalue weighted by molar-refractivity contribution is -0.121. The number of thiazole rings is 1. The molecule has 3 rings (SSSR count). The van der Waals surface area contributed by atoms with Crippen LogP contribution in [-0.4, -0.2) is 16.4 Å². The van der Waals surface area contributed by atoms with Crippen molar-refractivity contribution < 1.29 is 4.79 Å². The summed E-state index contributed by atoms with van der Waals surface area (Å²) in [5.74, 6) is -0.117. The van der Waals surface area contributed by atoms with Crippen LogP contribution < -0.4 is 11.1 Å². The lowest BCUT2D eigenvalue weighted by atomic mass is 9.98. The summed E-state index contributed by atoms with van der Waals surface area (Å²) in [5.41, 5.74) is 6.55. The van der Waals surface area contributed by atoms with Crippen molar-refractivity contribution in [1.29, 1.82) is 0 Å². The van der Waals surface area contributed by atoms with Crippen LogP contribution in [0.3, 0.4) is 0 Å². The Hall–Kier alpha value is -1.43. The molecule has 116 valence electrons. The normalized spacial score (nSPS) is 16.6. The number of anilines is 1. The van der Waals surface area contributed by atoms with Crippen LogP contribution in [0, 0.1) is 0 Å². The van der Waals surface area contributed by atoms with E-state index in [1.54, 1.807) is 6.20 Å². The van der Waals surface area contributed by atoms with E-state index >= 15 is 0 Å². The third kappa shape index (κ3) is 3.48. The van der Waals surface area contributed by atoms with Crippen molar-refractivity contribution in [3.8, 4) is 0 Å². The van der Waals surface area contributed by atoms with Gasteiger partial charge in [-0.3, -0.25) is 4.79 Å². The SMILES string of the molecule is NC1(C(=O)Nc2ncc(Cc3cccc(Cl)c3)s2)CCCC1. The van der Waals surface area contributed by atoms with Crippen molar-refractivity contribution in [1.82, 2.24) is 4.98 Å². The maximum atomic E-state index is 12.3. The number of benzene rings is 1. The molecule has 0 unspecified atom stereocenters. The molecule has 1 fully saturated rings. The molecule has 0 bridgehead atoms. The molecule has 22 heavy (non-hydrogen) atoms. The lowest BCUT2D eigenvalue weighted by Gasteiger charge is -2.21. The van der Waals surface area contributed by atoms with Crippen LogP contribution in [0.2, 0.25) is 5.02 Å². The number of nitrogens with zero attached hydrogens (tertiary/aromatic N) is 1. The van der Waals surface area contributed by atoms with Gasteiger partial charge in [0.15, 0.2) is 5.13 Å². The van der Waals surface area contributed by atoms with Crippen LogP contribution in [0.4, 0.5) is 5.13 Å². The zero-order valence-corrected chi connectivity index (χ0v) is 13.7. The minimum absolute atomic E-state index is 0.117. The highest BCUT2D eigenvalue weighted by Crippen LogP contribution is 2.29. The van der Waals surface area contributed by atoms with Crippen molar-refractivity contribution >= 4 is 34.0 Å². The largest absolute Gasteiger partial charge is 0.317 e. The van der Waals surface area contributed by atoms with Gasteiger partial charge in [0.05, 0.1) is 5.54 Å². The molecule has 4 nitrogen and oxygen atoms in total. The first-order valence-corrected chi connectivity index (χ1v) is 8.54. The zero-order valence-electron chi connectivity index (χ0n) is 12.1. The third-order valence-electron chi connectivity index (χ3n) is 3.99. The number of amides is 1. The third-order valence-corrected chi connectivity index (χ3v) is 5.14. The Balaban J connectivity index is 1.65. The Bertz CT molecular complexity index is 680. The molecular formula is C16H18ClN3OS. The Morgan fingerprint density at radius 2 is 2.18 bits per heavy atom. The van der Waals surface area contributed by atoms with E-state index in [2.05, 4.69) is 10.3 Å². The molecule has 1 aromatic heterocycles. The summed E-state index contributed by atoms with van der Waals surface area (Å²) in [5, 5.41) is 4.19. The first kappa shape index (κ1) is 15.5. The number of carbonyl (C=O) groups excluding carboxylic acids is 1. The minimum atomic E-state index is -0.723. The van der Waals surface area contributed by atoms with E-state index in [4.69, 9.17) is 17.3 Å². The Morgan fingerprint density at radius 3 is 2.91 bits per heavy atom. The van der Waals surface area contributed by atoms with E-state index in [9.17, 15) is 4.79 Å². The van der Waals surface area contributed by atoms with E-state index in [0.717, 1.165) is 47.6 Å². The predicted octanol–water partition coefficient (Wildman–Crippen LogP) is 3.60. The monoisotopic (exact) mass is 335 g/mol. The molecular weight excluding hydrogens is 318 g/mol. The maximum Gasteiger partial charge on any atom is 0.246 e. The van der Waals surface area contributed by atoms with Crippen molar-refractivity contribution in [2.24, 2.45) is 5.73 Å². The molecule has 2 aromatic rings. The molecule has 0 aliphatic heterocycles. The average Bonchev–Trinajstić information content (AvgIpc) is 3.09. The Kier molecular flexibility index (Phi) is 4.47. The van der Waals surface area contributed by atoms with Crippen LogP contribution in [0.5, 0.6) is 0 Å². The second-order valence-electron chi connectivity index (χ2n) is 5.76. The van der Waals surface area contributed by atoms with Gasteiger partial charge in [0.1, 0.15) is 0 Å². The van der Waals surface area contributed by atoms with E-state index in [1.165, 1.54) is 11.3 Å². The second-order valence-corrected chi connectivity index (χ2v) is 7.31. The number of aromatic nitrogens is 1. The molecule has 1 amide bonds. The van der Waals surface area contributed by atoms with Crippen molar-refractivity contribution in [3.05, 3.63) is 45.9 Å². The first-order chi connectivity index (χ1) is 10.5. The number of hydrogen-bond donors (Lipinski definition) is 2. The van der Waals surface area contributed by atoms with E-state index in [1.807, 2.05) is 24.3 Å². The molecule has 0 spiro atoms. The fraction of sp³-hybridized carbons (Fsp3) is 0.375. The van der Waals surface area contributed by atoms with Gasteiger partial charge in [-0.25, -0.2) is 4.98 Å². The summed E-state index contributed by atoms with van der Waals surface area (Å²) in [4.78, 5) is 17.6. The minimum Gasteiger partial charge on any atom is -0.317 e. The molecule has 3 N–H and O–H groups in total. The molecule has 1 aliphatic carbocycles.